The van der Waals surface area contributed by atoms with Crippen molar-refractivity contribution in [3.05, 3.63) is 30.1 Å². The van der Waals surface area contributed by atoms with Gasteiger partial charge in [0.1, 0.15) is 6.61 Å². The molecule has 20 heavy (non-hydrogen) atoms. The Bertz CT molecular complexity index is 520. The van der Waals surface area contributed by atoms with Gasteiger partial charge in [-0.3, -0.25) is 14.6 Å². The number of hydrogen-bond donors (Lipinski definition) is 0. The van der Waals surface area contributed by atoms with Crippen LogP contribution >= 0.6 is 0 Å². The predicted molar refractivity (Wildman–Crippen MR) is 70.6 cm³/mol. The molecule has 3 rings (SSSR count). The van der Waals surface area contributed by atoms with Crippen LogP contribution in [0.4, 0.5) is 0 Å². The lowest BCUT2D eigenvalue weighted by Gasteiger charge is -2.36. The molecule has 0 unspecified atom stereocenters. The number of pyridine rings is 1. The fourth-order valence-corrected chi connectivity index (χ4v) is 2.79. The second kappa shape index (κ2) is 5.20. The van der Waals surface area contributed by atoms with Gasteiger partial charge in [0.25, 0.3) is 0 Å². The first-order valence-corrected chi connectivity index (χ1v) is 6.71. The Balaban J connectivity index is 1.78. The van der Waals surface area contributed by atoms with E-state index in [4.69, 9.17) is 4.74 Å². The van der Waals surface area contributed by atoms with E-state index in [0.29, 0.717) is 19.6 Å². The van der Waals surface area contributed by atoms with E-state index in [1.807, 2.05) is 18.2 Å². The van der Waals surface area contributed by atoms with E-state index in [9.17, 15) is 9.59 Å². The summed E-state index contributed by atoms with van der Waals surface area (Å²) in [6, 6.07) is 5.58. The lowest BCUT2D eigenvalue weighted by atomic mass is 10.1. The van der Waals surface area contributed by atoms with Crippen molar-refractivity contribution in [3.8, 4) is 0 Å². The van der Waals surface area contributed by atoms with Crippen LogP contribution in [0.5, 0.6) is 0 Å². The highest BCUT2D eigenvalue weighted by Crippen LogP contribution is 2.24. The highest BCUT2D eigenvalue weighted by Gasteiger charge is 2.43. The Kier molecular flexibility index (Phi) is 3.40. The molecule has 106 valence electrons. The summed E-state index contributed by atoms with van der Waals surface area (Å²) >= 11 is 0. The van der Waals surface area contributed by atoms with E-state index in [1.165, 1.54) is 0 Å². The number of carbonyl (C=O) groups is 2. The van der Waals surface area contributed by atoms with Crippen molar-refractivity contribution in [3.63, 3.8) is 0 Å². The van der Waals surface area contributed by atoms with Gasteiger partial charge in [-0.1, -0.05) is 6.07 Å². The van der Waals surface area contributed by atoms with Crippen molar-refractivity contribution < 1.29 is 14.3 Å². The molecule has 0 aromatic carbocycles. The summed E-state index contributed by atoms with van der Waals surface area (Å²) in [5, 5.41) is 0. The van der Waals surface area contributed by atoms with Gasteiger partial charge in [0.15, 0.2) is 0 Å². The van der Waals surface area contributed by atoms with Crippen LogP contribution in [-0.2, 0) is 20.9 Å². The summed E-state index contributed by atoms with van der Waals surface area (Å²) in [7, 11) is 0. The number of amides is 2. The molecule has 2 fully saturated rings. The number of carbonyl (C=O) groups excluding carboxylic acids is 2. The van der Waals surface area contributed by atoms with E-state index in [-0.39, 0.29) is 30.6 Å². The van der Waals surface area contributed by atoms with Crippen molar-refractivity contribution in [2.24, 2.45) is 0 Å². The van der Waals surface area contributed by atoms with Gasteiger partial charge < -0.3 is 14.5 Å². The Morgan fingerprint density at radius 3 is 3.00 bits per heavy atom. The molecule has 3 heterocycles. The average molecular weight is 275 g/mol. The summed E-state index contributed by atoms with van der Waals surface area (Å²) in [5.41, 5.74) is 0.850. The molecule has 0 spiro atoms. The van der Waals surface area contributed by atoms with Crippen LogP contribution in [0.3, 0.4) is 0 Å². The molecular formula is C14H17N3O3. The maximum Gasteiger partial charge on any atom is 0.249 e. The largest absolute Gasteiger partial charge is 0.364 e. The van der Waals surface area contributed by atoms with Gasteiger partial charge in [0.2, 0.25) is 11.8 Å². The lowest BCUT2D eigenvalue weighted by molar-refractivity contribution is -0.154. The van der Waals surface area contributed by atoms with Gasteiger partial charge in [-0.05, 0) is 12.1 Å². The smallest absolute Gasteiger partial charge is 0.249 e. The van der Waals surface area contributed by atoms with Gasteiger partial charge in [-0.15, -0.1) is 0 Å². The van der Waals surface area contributed by atoms with Crippen LogP contribution in [0, 0.1) is 0 Å². The lowest BCUT2D eigenvalue weighted by Crippen LogP contribution is -2.53. The molecule has 2 atom stereocenters. The number of ether oxygens (including phenoxy) is 1. The number of likely N-dealkylation sites (tertiary alicyclic amines) is 1. The molecule has 6 nitrogen and oxygen atoms in total. The molecule has 2 saturated heterocycles. The molecule has 1 aromatic rings. The number of aromatic nitrogens is 1. The van der Waals surface area contributed by atoms with Crippen LogP contribution in [0.2, 0.25) is 0 Å². The van der Waals surface area contributed by atoms with Crippen molar-refractivity contribution in [1.82, 2.24) is 14.8 Å². The first-order chi connectivity index (χ1) is 9.65. The zero-order valence-electron chi connectivity index (χ0n) is 11.4. The quantitative estimate of drug-likeness (QED) is 0.764. The third-order valence-electron chi connectivity index (χ3n) is 3.88. The molecule has 6 heteroatoms. The molecule has 2 aliphatic rings. The van der Waals surface area contributed by atoms with Crippen molar-refractivity contribution in [2.45, 2.75) is 25.6 Å². The summed E-state index contributed by atoms with van der Waals surface area (Å²) in [4.78, 5) is 31.4. The molecule has 0 saturated carbocycles. The van der Waals surface area contributed by atoms with Gasteiger partial charge in [0.05, 0.1) is 24.4 Å². The maximum absolute atomic E-state index is 12.1. The van der Waals surface area contributed by atoms with Crippen molar-refractivity contribution >= 4 is 11.8 Å². The molecule has 1 aromatic heterocycles. The number of rotatable bonds is 2. The number of fused-ring (bicyclic) bond motifs is 1. The minimum atomic E-state index is -0.0830. The van der Waals surface area contributed by atoms with Crippen LogP contribution in [0.1, 0.15) is 12.6 Å². The first kappa shape index (κ1) is 13.1. The van der Waals surface area contributed by atoms with E-state index in [1.54, 1.807) is 22.9 Å². The highest BCUT2D eigenvalue weighted by atomic mass is 16.5. The van der Waals surface area contributed by atoms with Gasteiger partial charge in [0, 0.05) is 26.2 Å². The fraction of sp³-hybridized carbons (Fsp3) is 0.500. The summed E-state index contributed by atoms with van der Waals surface area (Å²) in [6.45, 7) is 3.20. The second-order valence-corrected chi connectivity index (χ2v) is 5.18. The van der Waals surface area contributed by atoms with Crippen molar-refractivity contribution in [2.75, 3.05) is 19.7 Å². The number of nitrogens with zero attached hydrogens (tertiary/aromatic N) is 3. The van der Waals surface area contributed by atoms with E-state index in [2.05, 4.69) is 4.98 Å². The monoisotopic (exact) mass is 275 g/mol. The summed E-state index contributed by atoms with van der Waals surface area (Å²) in [5.74, 6) is -0.0180. The van der Waals surface area contributed by atoms with E-state index >= 15 is 0 Å². The van der Waals surface area contributed by atoms with Crippen LogP contribution < -0.4 is 0 Å². The predicted octanol–water partition coefficient (Wildman–Crippen LogP) is 0.0397. The molecule has 0 radical (unpaired) electrons. The first-order valence-electron chi connectivity index (χ1n) is 6.71. The van der Waals surface area contributed by atoms with E-state index < -0.39 is 0 Å². The fourth-order valence-electron chi connectivity index (χ4n) is 2.79. The topological polar surface area (TPSA) is 62.7 Å². The standard InChI is InChI=1S/C14H17N3O3/c1-10(18)16-7-12-13(8-16)20-9-14(19)17(12)6-11-4-2-3-5-15-11/h2-5,12-13H,6-9H2,1H3/t12-,13+/m1/s1. The zero-order valence-corrected chi connectivity index (χ0v) is 11.4. The molecule has 2 aliphatic heterocycles. The maximum atomic E-state index is 12.1. The van der Waals surface area contributed by atoms with Crippen LogP contribution in [0.15, 0.2) is 24.4 Å². The second-order valence-electron chi connectivity index (χ2n) is 5.18. The molecule has 0 bridgehead atoms. The van der Waals surface area contributed by atoms with E-state index in [0.717, 1.165) is 5.69 Å². The van der Waals surface area contributed by atoms with Gasteiger partial charge in [-0.25, -0.2) is 0 Å². The Hall–Kier alpha value is -1.95. The summed E-state index contributed by atoms with van der Waals surface area (Å²) in [6.07, 6.45) is 1.63. The molecule has 2 amide bonds. The normalized spacial score (nSPS) is 25.8. The molecule has 0 aliphatic carbocycles. The van der Waals surface area contributed by atoms with Gasteiger partial charge in [-0.2, -0.15) is 0 Å². The number of morpholine rings is 1. The average Bonchev–Trinajstić information content (AvgIpc) is 2.88. The molecule has 0 N–H and O–H groups in total. The van der Waals surface area contributed by atoms with Gasteiger partial charge >= 0.3 is 0 Å². The summed E-state index contributed by atoms with van der Waals surface area (Å²) < 4.78 is 5.56. The zero-order chi connectivity index (χ0) is 14.1. The van der Waals surface area contributed by atoms with Crippen LogP contribution in [-0.4, -0.2) is 58.4 Å². The minimum absolute atomic E-state index is 0.0215. The van der Waals surface area contributed by atoms with Crippen molar-refractivity contribution in [1.29, 1.82) is 0 Å². The number of hydrogen-bond acceptors (Lipinski definition) is 4. The minimum Gasteiger partial charge on any atom is -0.364 e. The third-order valence-corrected chi connectivity index (χ3v) is 3.88. The van der Waals surface area contributed by atoms with Crippen LogP contribution in [0.25, 0.3) is 0 Å². The SMILES string of the molecule is CC(=O)N1C[C@@H]2OCC(=O)N(Cc3ccccn3)[C@@H]2C1. The highest BCUT2D eigenvalue weighted by molar-refractivity contribution is 5.79. The molecular weight excluding hydrogens is 258 g/mol. The Morgan fingerprint density at radius 1 is 1.45 bits per heavy atom. The third kappa shape index (κ3) is 2.38. The Morgan fingerprint density at radius 2 is 2.30 bits per heavy atom. The Labute approximate surface area is 117 Å².